The van der Waals surface area contributed by atoms with Crippen LogP contribution in [-0.4, -0.2) is 63.1 Å². The molecule has 0 atom stereocenters. The van der Waals surface area contributed by atoms with Gasteiger partial charge in [0.1, 0.15) is 10.8 Å². The average Bonchev–Trinajstić information content (AvgIpc) is 3.19. The van der Waals surface area contributed by atoms with E-state index in [2.05, 4.69) is 25.7 Å². The number of anilines is 1. The van der Waals surface area contributed by atoms with Gasteiger partial charge in [0.25, 0.3) is 11.6 Å². The van der Waals surface area contributed by atoms with Crippen LogP contribution in [0.5, 0.6) is 0 Å². The van der Waals surface area contributed by atoms with Crippen molar-refractivity contribution in [2.45, 2.75) is 18.6 Å². The number of benzene rings is 1. The van der Waals surface area contributed by atoms with Gasteiger partial charge in [-0.2, -0.15) is 5.10 Å². The molecule has 3 aromatic rings. The molecular weight excluding hydrogens is 458 g/mol. The van der Waals surface area contributed by atoms with Crippen molar-refractivity contribution in [1.82, 2.24) is 25.1 Å². The Morgan fingerprint density at radius 1 is 1.34 bits per heavy atom. The maximum atomic E-state index is 12.4. The summed E-state index contributed by atoms with van der Waals surface area (Å²) in [5.74, 6) is 0.224. The number of fused-ring (bicyclic) bond motifs is 1. The zero-order chi connectivity index (χ0) is 23.1. The Morgan fingerprint density at radius 3 is 2.88 bits per heavy atom. The summed E-state index contributed by atoms with van der Waals surface area (Å²) in [5.41, 5.74) is 0.474. The summed E-state index contributed by atoms with van der Waals surface area (Å²) in [5, 5.41) is 22.7. The second kappa shape index (κ2) is 11.1. The lowest BCUT2D eigenvalue weighted by Crippen LogP contribution is -2.27. The first-order valence-corrected chi connectivity index (χ1v) is 11.4. The molecule has 170 valence electrons. The Labute approximate surface area is 193 Å². The number of thioether (sulfide) groups is 1. The van der Waals surface area contributed by atoms with Gasteiger partial charge in [0.2, 0.25) is 0 Å². The van der Waals surface area contributed by atoms with Crippen molar-refractivity contribution in [3.05, 3.63) is 45.1 Å². The van der Waals surface area contributed by atoms with Gasteiger partial charge in [0.15, 0.2) is 10.8 Å². The smallest absolute Gasteiger partial charge is 0.288 e. The van der Waals surface area contributed by atoms with Crippen molar-refractivity contribution >= 4 is 51.8 Å². The van der Waals surface area contributed by atoms with Gasteiger partial charge in [-0.3, -0.25) is 14.9 Å². The quantitative estimate of drug-likeness (QED) is 0.140. The number of nitro benzene ring substituents is 1. The van der Waals surface area contributed by atoms with Crippen molar-refractivity contribution in [3.63, 3.8) is 0 Å². The Hall–Kier alpha value is -2.96. The second-order valence-corrected chi connectivity index (χ2v) is 7.65. The van der Waals surface area contributed by atoms with Crippen molar-refractivity contribution in [2.75, 3.05) is 37.9 Å². The molecule has 0 radical (unpaired) electrons. The fourth-order valence-corrected chi connectivity index (χ4v) is 3.43. The maximum Gasteiger partial charge on any atom is 0.288 e. The van der Waals surface area contributed by atoms with E-state index in [1.807, 2.05) is 13.2 Å². The van der Waals surface area contributed by atoms with E-state index in [9.17, 15) is 14.9 Å². The first-order chi connectivity index (χ1) is 15.4. The van der Waals surface area contributed by atoms with E-state index in [-0.39, 0.29) is 22.8 Å². The first-order valence-electron chi connectivity index (χ1n) is 9.75. The fraction of sp³-hybridized carbons (Fsp3) is 0.368. The minimum absolute atomic E-state index is 0.0236. The van der Waals surface area contributed by atoms with Crippen LogP contribution in [-0.2, 0) is 11.3 Å². The van der Waals surface area contributed by atoms with Crippen LogP contribution in [0.25, 0.3) is 11.0 Å². The van der Waals surface area contributed by atoms with Crippen LogP contribution in [0.3, 0.4) is 0 Å². The number of ether oxygens (including phenoxy) is 1. The number of nitrogens with zero attached hydrogens (tertiary/aromatic N) is 5. The van der Waals surface area contributed by atoms with Gasteiger partial charge in [-0.15, -0.1) is 0 Å². The zero-order valence-electron chi connectivity index (χ0n) is 17.5. The SMILES string of the molecule is CCOCCNc1nc(SC)nc2c1cnn2CCNC(=O)c1ccc(Cl)c([N+](=O)[O-])c1. The van der Waals surface area contributed by atoms with Gasteiger partial charge >= 0.3 is 0 Å². The van der Waals surface area contributed by atoms with Gasteiger partial charge in [-0.05, 0) is 25.3 Å². The molecule has 32 heavy (non-hydrogen) atoms. The van der Waals surface area contributed by atoms with Crippen molar-refractivity contribution in [1.29, 1.82) is 0 Å². The highest BCUT2D eigenvalue weighted by atomic mass is 35.5. The molecule has 0 aliphatic carbocycles. The Morgan fingerprint density at radius 2 is 2.16 bits per heavy atom. The van der Waals surface area contributed by atoms with E-state index in [1.165, 1.54) is 23.9 Å². The molecule has 0 saturated heterocycles. The Bertz CT molecular complexity index is 1120. The lowest BCUT2D eigenvalue weighted by Gasteiger charge is -2.09. The van der Waals surface area contributed by atoms with Gasteiger partial charge in [-0.1, -0.05) is 23.4 Å². The van der Waals surface area contributed by atoms with Crippen LogP contribution < -0.4 is 10.6 Å². The van der Waals surface area contributed by atoms with Crippen LogP contribution in [0.4, 0.5) is 11.5 Å². The van der Waals surface area contributed by atoms with Gasteiger partial charge < -0.3 is 15.4 Å². The van der Waals surface area contributed by atoms with Crippen molar-refractivity contribution in [2.24, 2.45) is 0 Å². The lowest BCUT2D eigenvalue weighted by atomic mass is 10.2. The van der Waals surface area contributed by atoms with Crippen LogP contribution in [0.15, 0.2) is 29.6 Å². The average molecular weight is 480 g/mol. The number of nitro groups is 1. The summed E-state index contributed by atoms with van der Waals surface area (Å²) >= 11 is 7.21. The number of halogens is 1. The molecule has 0 aliphatic rings. The van der Waals surface area contributed by atoms with Crippen LogP contribution in [0, 0.1) is 10.1 Å². The molecule has 1 aromatic carbocycles. The predicted molar refractivity (Wildman–Crippen MR) is 123 cm³/mol. The van der Waals surface area contributed by atoms with E-state index in [0.717, 1.165) is 11.5 Å². The molecule has 2 aromatic heterocycles. The third-order valence-corrected chi connectivity index (χ3v) is 5.28. The Kier molecular flexibility index (Phi) is 8.20. The largest absolute Gasteiger partial charge is 0.380 e. The molecule has 11 nitrogen and oxygen atoms in total. The monoisotopic (exact) mass is 479 g/mol. The highest BCUT2D eigenvalue weighted by Crippen LogP contribution is 2.25. The molecule has 1 amide bonds. The topological polar surface area (TPSA) is 137 Å². The first kappa shape index (κ1) is 23.7. The molecule has 0 fully saturated rings. The molecule has 3 rings (SSSR count). The maximum absolute atomic E-state index is 12.4. The van der Waals surface area contributed by atoms with Crippen LogP contribution in [0.2, 0.25) is 5.02 Å². The highest BCUT2D eigenvalue weighted by Gasteiger charge is 2.17. The molecule has 13 heteroatoms. The van der Waals surface area contributed by atoms with Crippen LogP contribution in [0.1, 0.15) is 17.3 Å². The van der Waals surface area contributed by atoms with E-state index in [4.69, 9.17) is 16.3 Å². The van der Waals surface area contributed by atoms with Gasteiger partial charge in [0, 0.05) is 31.3 Å². The molecule has 0 aliphatic heterocycles. The third-order valence-electron chi connectivity index (χ3n) is 4.42. The number of hydrogen-bond donors (Lipinski definition) is 2. The molecule has 2 heterocycles. The molecule has 2 N–H and O–H groups in total. The van der Waals surface area contributed by atoms with Gasteiger partial charge in [0.05, 0.1) is 29.7 Å². The number of nitrogens with one attached hydrogen (secondary N) is 2. The second-order valence-electron chi connectivity index (χ2n) is 6.47. The van der Waals surface area contributed by atoms with E-state index < -0.39 is 10.8 Å². The summed E-state index contributed by atoms with van der Waals surface area (Å²) in [4.78, 5) is 31.8. The number of amides is 1. The summed E-state index contributed by atoms with van der Waals surface area (Å²) < 4.78 is 7.03. The number of carbonyl (C=O) groups excluding carboxylic acids is 1. The molecule has 0 bridgehead atoms. The Balaban J connectivity index is 1.69. The van der Waals surface area contributed by atoms with E-state index in [0.29, 0.717) is 42.9 Å². The number of carbonyl (C=O) groups is 1. The molecule has 0 saturated carbocycles. The standard InChI is InChI=1S/C19H22ClN7O4S/c1-3-31-9-7-21-16-13-11-23-26(17(13)25-19(24-16)32-2)8-6-22-18(28)12-4-5-14(20)15(10-12)27(29)30/h4-5,10-11H,3,6-9H2,1-2H3,(H,22,28)(H,21,24,25). The number of hydrogen-bond acceptors (Lipinski definition) is 9. The molecular formula is C19H22ClN7O4S. The van der Waals surface area contributed by atoms with E-state index >= 15 is 0 Å². The summed E-state index contributed by atoms with van der Waals surface area (Å²) in [6.45, 7) is 4.34. The van der Waals surface area contributed by atoms with Crippen LogP contribution >= 0.6 is 23.4 Å². The third kappa shape index (κ3) is 5.64. The molecule has 0 unspecified atom stereocenters. The summed E-state index contributed by atoms with van der Waals surface area (Å²) in [6.07, 6.45) is 3.56. The van der Waals surface area contributed by atoms with Gasteiger partial charge in [-0.25, -0.2) is 14.6 Å². The molecule has 0 spiro atoms. The van der Waals surface area contributed by atoms with Crippen molar-refractivity contribution < 1.29 is 14.5 Å². The number of aromatic nitrogens is 4. The lowest BCUT2D eigenvalue weighted by molar-refractivity contribution is -0.384. The van der Waals surface area contributed by atoms with Crippen molar-refractivity contribution in [3.8, 4) is 0 Å². The minimum atomic E-state index is -0.627. The minimum Gasteiger partial charge on any atom is -0.380 e. The summed E-state index contributed by atoms with van der Waals surface area (Å²) in [7, 11) is 0. The number of rotatable bonds is 11. The fourth-order valence-electron chi connectivity index (χ4n) is 2.88. The highest BCUT2D eigenvalue weighted by molar-refractivity contribution is 7.98. The predicted octanol–water partition coefficient (Wildman–Crippen LogP) is 2.99. The summed E-state index contributed by atoms with van der Waals surface area (Å²) in [6, 6.07) is 3.92. The normalized spacial score (nSPS) is 11.0. The zero-order valence-corrected chi connectivity index (χ0v) is 19.1. The van der Waals surface area contributed by atoms with E-state index in [1.54, 1.807) is 10.9 Å².